The van der Waals surface area contributed by atoms with Crippen LogP contribution in [0.4, 0.5) is 0 Å². The molecular weight excluding hydrogens is 735 g/mol. The van der Waals surface area contributed by atoms with Crippen molar-refractivity contribution in [3.8, 4) is 22.6 Å². The van der Waals surface area contributed by atoms with Crippen molar-refractivity contribution in [1.29, 1.82) is 0 Å². The Kier molecular flexibility index (Phi) is 19.5. The summed E-state index contributed by atoms with van der Waals surface area (Å²) in [4.78, 5) is 0. The maximum absolute atomic E-state index is 6.92. The van der Waals surface area contributed by atoms with E-state index in [0.717, 1.165) is 34.8 Å². The Labute approximate surface area is 321 Å². The van der Waals surface area contributed by atoms with Gasteiger partial charge in [0.1, 0.15) is 11.5 Å². The Morgan fingerprint density at radius 2 is 1.22 bits per heavy atom. The standard InChI is InChI=1S/C35H53O2P.C8H9N.ClH.Pd/c1-23(2)26-21-29(24(3)4)33(30(22-26)25(5)6)34-31(36-7)19-20-32(37-8)35(34)38(27-15-11-9-12-16-27)28-17-13-10-14-18-28;9-7-6-8-4-2-1-3-5-8;;/h19-25,27-28H,9-18H2,1-8H3;1-4,9H,6-7H2;1H;/q;-2;;+2. The van der Waals surface area contributed by atoms with Gasteiger partial charge >= 0.3 is 20.4 Å². The summed E-state index contributed by atoms with van der Waals surface area (Å²) >= 11 is 0. The van der Waals surface area contributed by atoms with Crippen molar-refractivity contribution in [3.63, 3.8) is 0 Å². The molecule has 1 N–H and O–H groups in total. The van der Waals surface area contributed by atoms with E-state index in [-0.39, 0.29) is 40.8 Å². The van der Waals surface area contributed by atoms with Crippen LogP contribution in [0.3, 0.4) is 0 Å². The minimum atomic E-state index is -0.373. The zero-order valence-electron chi connectivity index (χ0n) is 31.5. The van der Waals surface area contributed by atoms with Gasteiger partial charge in [-0.2, -0.15) is 35.9 Å². The molecule has 0 amide bonds. The zero-order chi connectivity index (χ0) is 33.9. The molecule has 0 radical (unpaired) electrons. The molecule has 2 saturated carbocycles. The average Bonchev–Trinajstić information content (AvgIpc) is 3.09. The first-order valence-corrected chi connectivity index (χ1v) is 20.0. The maximum atomic E-state index is 6.92. The van der Waals surface area contributed by atoms with Crippen LogP contribution < -0.4 is 14.8 Å². The van der Waals surface area contributed by atoms with Gasteiger partial charge in [-0.1, -0.05) is 107 Å². The molecule has 0 atom stereocenters. The van der Waals surface area contributed by atoms with Crippen LogP contribution >= 0.6 is 20.3 Å². The molecule has 6 heteroatoms. The molecule has 2 aliphatic rings. The molecule has 0 heterocycles. The van der Waals surface area contributed by atoms with E-state index < -0.39 is 0 Å². The predicted molar refractivity (Wildman–Crippen MR) is 213 cm³/mol. The molecule has 0 unspecified atom stereocenters. The molecule has 2 aliphatic carbocycles. The third-order valence-electron chi connectivity index (χ3n) is 10.3. The number of rotatable bonds is 11. The third kappa shape index (κ3) is 11.3. The number of nitrogens with one attached hydrogen (secondary N) is 1. The van der Waals surface area contributed by atoms with Crippen molar-refractivity contribution in [1.82, 2.24) is 0 Å². The van der Waals surface area contributed by atoms with E-state index in [4.69, 9.17) is 15.2 Å². The summed E-state index contributed by atoms with van der Waals surface area (Å²) < 4.78 is 12.6. The summed E-state index contributed by atoms with van der Waals surface area (Å²) in [5.74, 6) is 3.50. The molecule has 274 valence electrons. The van der Waals surface area contributed by atoms with Gasteiger partial charge in [-0.05, 0) is 89.1 Å². The van der Waals surface area contributed by atoms with E-state index in [0.29, 0.717) is 24.3 Å². The Balaban J connectivity index is 0.000000659. The van der Waals surface area contributed by atoms with Crippen LogP contribution in [-0.2, 0) is 26.8 Å². The van der Waals surface area contributed by atoms with Gasteiger partial charge in [0.15, 0.2) is 0 Å². The molecule has 0 saturated heterocycles. The summed E-state index contributed by atoms with van der Waals surface area (Å²) in [5, 5.41) is 1.52. The number of hydrogen-bond acceptors (Lipinski definition) is 2. The molecule has 2 fully saturated rings. The van der Waals surface area contributed by atoms with Gasteiger partial charge in [-0.3, -0.25) is 0 Å². The summed E-state index contributed by atoms with van der Waals surface area (Å²) in [7, 11) is 3.38. The van der Waals surface area contributed by atoms with Crippen LogP contribution in [0, 0.1) is 6.07 Å². The van der Waals surface area contributed by atoms with Crippen molar-refractivity contribution < 1.29 is 29.9 Å². The second-order valence-corrected chi connectivity index (χ2v) is 17.3. The van der Waals surface area contributed by atoms with Crippen molar-refractivity contribution in [2.75, 3.05) is 20.8 Å². The predicted octanol–water partition coefficient (Wildman–Crippen LogP) is 13.0. The maximum Gasteiger partial charge on any atom is 2.00 e. The van der Waals surface area contributed by atoms with E-state index in [2.05, 4.69) is 71.9 Å². The fraction of sp³-hybridized carbons (Fsp3) is 0.581. The zero-order valence-corrected chi connectivity index (χ0v) is 34.7. The van der Waals surface area contributed by atoms with Gasteiger partial charge in [-0.15, -0.1) is 19.0 Å². The van der Waals surface area contributed by atoms with E-state index in [9.17, 15) is 0 Å². The fourth-order valence-corrected chi connectivity index (χ4v) is 11.8. The van der Waals surface area contributed by atoms with E-state index in [1.54, 1.807) is 0 Å². The smallest absolute Gasteiger partial charge is 0.677 e. The van der Waals surface area contributed by atoms with Crippen molar-refractivity contribution in [2.45, 2.75) is 141 Å². The average molecular weight is 799 g/mol. The first-order chi connectivity index (χ1) is 22.7. The van der Waals surface area contributed by atoms with Crippen molar-refractivity contribution >= 4 is 25.6 Å². The number of halogens is 1. The molecule has 0 bridgehead atoms. The molecular formula is C43H63ClNO2PPd. The molecule has 49 heavy (non-hydrogen) atoms. The van der Waals surface area contributed by atoms with Gasteiger partial charge in [0, 0.05) is 10.9 Å². The Morgan fingerprint density at radius 3 is 1.63 bits per heavy atom. The SMILES string of the molecule is COc1ccc(OC)c(P(C2CCCCC2)C2CCCCC2)c1-c1c(C(C)C)cc(C(C)C)cc1C(C)C.Cl.[NH-]CCc1[c-]cccc1.[Pd+2]. The summed E-state index contributed by atoms with van der Waals surface area (Å²) in [6, 6.07) is 20.2. The fourth-order valence-electron chi connectivity index (χ4n) is 7.73. The molecule has 0 aliphatic heterocycles. The molecule has 0 spiro atoms. The Hall–Kier alpha value is -1.40. The van der Waals surface area contributed by atoms with Gasteiger partial charge in [-0.25, -0.2) is 0 Å². The van der Waals surface area contributed by atoms with Gasteiger partial charge < -0.3 is 15.2 Å². The van der Waals surface area contributed by atoms with Crippen LogP contribution in [0.1, 0.15) is 146 Å². The van der Waals surface area contributed by atoms with Gasteiger partial charge in [0.05, 0.1) is 14.2 Å². The summed E-state index contributed by atoms with van der Waals surface area (Å²) in [6.07, 6.45) is 14.7. The molecule has 5 rings (SSSR count). The second-order valence-electron chi connectivity index (χ2n) is 14.6. The molecule has 0 aromatic heterocycles. The molecule has 3 nitrogen and oxygen atoms in total. The molecule has 3 aromatic rings. The van der Waals surface area contributed by atoms with E-state index >= 15 is 0 Å². The van der Waals surface area contributed by atoms with Crippen LogP contribution in [-0.4, -0.2) is 32.1 Å². The van der Waals surface area contributed by atoms with Crippen molar-refractivity contribution in [3.05, 3.63) is 82.6 Å². The van der Waals surface area contributed by atoms with Crippen LogP contribution in [0.5, 0.6) is 11.5 Å². The van der Waals surface area contributed by atoms with Gasteiger partial charge in [0.25, 0.3) is 0 Å². The Morgan fingerprint density at radius 1 is 0.714 bits per heavy atom. The van der Waals surface area contributed by atoms with Crippen LogP contribution in [0.2, 0.25) is 0 Å². The third-order valence-corrected chi connectivity index (χ3v) is 13.9. The van der Waals surface area contributed by atoms with E-state index in [1.165, 1.54) is 97.3 Å². The summed E-state index contributed by atoms with van der Waals surface area (Å²) in [6.45, 7) is 14.6. The number of ether oxygens (including phenoxy) is 2. The monoisotopic (exact) mass is 797 g/mol. The minimum absolute atomic E-state index is 0. The van der Waals surface area contributed by atoms with Crippen LogP contribution in [0.15, 0.2) is 48.5 Å². The number of hydrogen-bond donors (Lipinski definition) is 0. The van der Waals surface area contributed by atoms with Crippen LogP contribution in [0.25, 0.3) is 16.9 Å². The Bertz CT molecular complexity index is 1340. The van der Waals surface area contributed by atoms with Crippen molar-refractivity contribution in [2.24, 2.45) is 0 Å². The number of benzene rings is 3. The quantitative estimate of drug-likeness (QED) is 0.110. The topological polar surface area (TPSA) is 42.3 Å². The minimum Gasteiger partial charge on any atom is -0.677 e. The second kappa shape index (κ2) is 21.8. The number of methoxy groups -OCH3 is 2. The molecule has 3 aromatic carbocycles. The first-order valence-electron chi connectivity index (χ1n) is 18.5. The normalized spacial score (nSPS) is 15.4. The van der Waals surface area contributed by atoms with Gasteiger partial charge in [0.2, 0.25) is 0 Å². The van der Waals surface area contributed by atoms with E-state index in [1.807, 2.05) is 38.5 Å². The largest absolute Gasteiger partial charge is 2.00 e. The summed E-state index contributed by atoms with van der Waals surface area (Å²) in [5.41, 5.74) is 16.8. The first kappa shape index (κ1) is 43.8.